The van der Waals surface area contributed by atoms with Crippen LogP contribution in [-0.4, -0.2) is 15.0 Å². The largest absolute Gasteiger partial charge is 3.00 e. The SMILES string of the molecule is Cc1cc(-c2nc([C@](C)(c3[c-]cccc3)c3ccccn3)cc3cc(C(C)C)ccc23)[c-]c(C(C)(c2[c-]cccc2)c2ccccn2)c1.[Ir+3]. The van der Waals surface area contributed by atoms with E-state index >= 15 is 0 Å². The molecule has 2 atom stereocenters. The molecule has 3 nitrogen and oxygen atoms in total. The van der Waals surface area contributed by atoms with Crippen LogP contribution in [0.4, 0.5) is 0 Å². The Hall–Kier alpha value is -4.76. The van der Waals surface area contributed by atoms with Crippen molar-refractivity contribution in [3.63, 3.8) is 0 Å². The van der Waals surface area contributed by atoms with Gasteiger partial charge in [0.1, 0.15) is 0 Å². The molecule has 0 amide bonds. The smallest absolute Gasteiger partial charge is 0.299 e. The molecule has 4 aromatic carbocycles. The minimum Gasteiger partial charge on any atom is -0.299 e. The van der Waals surface area contributed by atoms with E-state index < -0.39 is 10.8 Å². The molecule has 3 aromatic heterocycles. The van der Waals surface area contributed by atoms with Crippen molar-refractivity contribution < 1.29 is 20.1 Å². The van der Waals surface area contributed by atoms with Crippen LogP contribution in [0.2, 0.25) is 0 Å². The van der Waals surface area contributed by atoms with Gasteiger partial charge in [-0.25, -0.2) is 0 Å². The molecular weight excluding hydrogens is 775 g/mol. The molecule has 3 heterocycles. The van der Waals surface area contributed by atoms with Crippen molar-refractivity contribution in [2.75, 3.05) is 0 Å². The van der Waals surface area contributed by atoms with Gasteiger partial charge in [-0.3, -0.25) is 15.0 Å². The Morgan fingerprint density at radius 1 is 0.612 bits per heavy atom. The number of hydrogen-bond donors (Lipinski definition) is 0. The van der Waals surface area contributed by atoms with Gasteiger partial charge in [-0.15, -0.1) is 46.0 Å². The zero-order valence-electron chi connectivity index (χ0n) is 28.5. The van der Waals surface area contributed by atoms with Crippen molar-refractivity contribution >= 4 is 10.8 Å². The van der Waals surface area contributed by atoms with Crippen LogP contribution in [-0.2, 0) is 30.9 Å². The van der Waals surface area contributed by atoms with Crippen molar-refractivity contribution in [1.82, 2.24) is 15.0 Å². The Balaban J connectivity index is 0.00000417. The Labute approximate surface area is 303 Å². The molecular formula is C45H38IrN3. The Bertz CT molecular complexity index is 2100. The molecule has 0 bridgehead atoms. The summed E-state index contributed by atoms with van der Waals surface area (Å²) in [4.78, 5) is 15.3. The first-order chi connectivity index (χ1) is 23.3. The fourth-order valence-electron chi connectivity index (χ4n) is 6.76. The standard InChI is InChI=1S/C45H38N3.Ir/c1-31(2)33-22-23-39-34(28-33)30-42(45(5,37-18-10-7-11-19-37)41-21-13-15-25-47-41)48-43(39)35-26-32(3)27-38(29-35)44(4,36-16-8-6-9-17-36)40-20-12-14-24-46-40;/h6-16,18,20-28,30-31H,1-5H3;/q-3;+3/t44?,45-;/m1./s1. The van der Waals surface area contributed by atoms with Crippen LogP contribution in [0.1, 0.15) is 78.5 Å². The third kappa shape index (κ3) is 6.28. The number of benzene rings is 4. The predicted octanol–water partition coefficient (Wildman–Crippen LogP) is 10.2. The number of nitrogens with zero attached hydrogens (tertiary/aromatic N) is 3. The van der Waals surface area contributed by atoms with Crippen molar-refractivity contribution in [3.8, 4) is 11.3 Å². The number of fused-ring (bicyclic) bond motifs is 1. The van der Waals surface area contributed by atoms with Crippen molar-refractivity contribution in [2.45, 2.75) is 51.4 Å². The van der Waals surface area contributed by atoms with E-state index in [9.17, 15) is 0 Å². The number of rotatable bonds is 8. The van der Waals surface area contributed by atoms with Gasteiger partial charge in [0.25, 0.3) is 0 Å². The average Bonchev–Trinajstić information content (AvgIpc) is 3.14. The van der Waals surface area contributed by atoms with Gasteiger partial charge in [-0.2, -0.15) is 60.7 Å². The van der Waals surface area contributed by atoms with Gasteiger partial charge < -0.3 is 0 Å². The van der Waals surface area contributed by atoms with Crippen LogP contribution in [0.15, 0.2) is 134 Å². The molecule has 0 aliphatic carbocycles. The molecule has 0 aliphatic heterocycles. The van der Waals surface area contributed by atoms with Crippen LogP contribution in [0.3, 0.4) is 0 Å². The zero-order valence-corrected chi connectivity index (χ0v) is 30.8. The molecule has 4 heteroatoms. The summed E-state index contributed by atoms with van der Waals surface area (Å²) in [6.07, 6.45) is 3.71. The fraction of sp³-hybridized carbons (Fsp3) is 0.178. The van der Waals surface area contributed by atoms with E-state index in [1.54, 1.807) is 0 Å². The van der Waals surface area contributed by atoms with Gasteiger partial charge in [-0.05, 0) is 72.1 Å². The summed E-state index contributed by atoms with van der Waals surface area (Å²) in [7, 11) is 0. The summed E-state index contributed by atoms with van der Waals surface area (Å²) >= 11 is 0. The normalized spacial score (nSPS) is 13.8. The van der Waals surface area contributed by atoms with E-state index in [2.05, 4.69) is 126 Å². The maximum Gasteiger partial charge on any atom is 3.00 e. The molecule has 0 spiro atoms. The molecule has 0 radical (unpaired) electrons. The first-order valence-electron chi connectivity index (χ1n) is 16.6. The zero-order chi connectivity index (χ0) is 33.3. The van der Waals surface area contributed by atoms with Gasteiger partial charge >= 0.3 is 20.1 Å². The second-order valence-corrected chi connectivity index (χ2v) is 13.2. The number of aromatic nitrogens is 3. The summed E-state index contributed by atoms with van der Waals surface area (Å²) in [6, 6.07) is 52.8. The van der Waals surface area contributed by atoms with Crippen LogP contribution in [0.5, 0.6) is 0 Å². The van der Waals surface area contributed by atoms with Crippen LogP contribution in [0, 0.1) is 25.1 Å². The predicted molar refractivity (Wildman–Crippen MR) is 195 cm³/mol. The van der Waals surface area contributed by atoms with Crippen molar-refractivity contribution in [3.05, 3.63) is 197 Å². The number of pyridine rings is 3. The molecule has 7 aromatic rings. The van der Waals surface area contributed by atoms with Gasteiger partial charge in [0, 0.05) is 23.5 Å². The van der Waals surface area contributed by atoms with Gasteiger partial charge in [0.15, 0.2) is 0 Å². The second-order valence-electron chi connectivity index (χ2n) is 13.2. The molecule has 0 aliphatic rings. The first-order valence-corrected chi connectivity index (χ1v) is 16.6. The van der Waals surface area contributed by atoms with Gasteiger partial charge in [0.05, 0.1) is 16.8 Å². The molecule has 0 N–H and O–H groups in total. The Kier molecular flexibility index (Phi) is 9.75. The van der Waals surface area contributed by atoms with Crippen molar-refractivity contribution in [1.29, 1.82) is 0 Å². The van der Waals surface area contributed by atoms with Crippen LogP contribution < -0.4 is 0 Å². The Morgan fingerprint density at radius 3 is 1.80 bits per heavy atom. The van der Waals surface area contributed by atoms with E-state index in [0.717, 1.165) is 61.4 Å². The summed E-state index contributed by atoms with van der Waals surface area (Å²) in [5.41, 5.74) is 8.81. The van der Waals surface area contributed by atoms with Crippen LogP contribution in [0.25, 0.3) is 22.0 Å². The Morgan fingerprint density at radius 2 is 1.22 bits per heavy atom. The molecule has 0 fully saturated rings. The first kappa shape index (κ1) is 34.1. The van der Waals surface area contributed by atoms with E-state index in [4.69, 9.17) is 15.0 Å². The molecule has 0 saturated heterocycles. The quantitative estimate of drug-likeness (QED) is 0.144. The molecule has 1 unspecified atom stereocenters. The number of aryl methyl sites for hydroxylation is 1. The summed E-state index contributed by atoms with van der Waals surface area (Å²) in [5.74, 6) is 0.387. The monoisotopic (exact) mass is 813 g/mol. The third-order valence-electron chi connectivity index (χ3n) is 9.69. The topological polar surface area (TPSA) is 38.7 Å². The average molecular weight is 813 g/mol. The molecule has 242 valence electrons. The maximum absolute atomic E-state index is 5.57. The fourth-order valence-corrected chi connectivity index (χ4v) is 6.76. The van der Waals surface area contributed by atoms with Crippen LogP contribution >= 0.6 is 0 Å². The molecule has 7 rings (SSSR count). The maximum atomic E-state index is 5.57. The molecule has 49 heavy (non-hydrogen) atoms. The number of hydrogen-bond acceptors (Lipinski definition) is 3. The third-order valence-corrected chi connectivity index (χ3v) is 9.69. The molecule has 0 saturated carbocycles. The van der Waals surface area contributed by atoms with E-state index in [1.807, 2.05) is 60.9 Å². The van der Waals surface area contributed by atoms with E-state index in [-0.39, 0.29) is 20.1 Å². The van der Waals surface area contributed by atoms with E-state index in [1.165, 1.54) is 5.56 Å². The van der Waals surface area contributed by atoms with Gasteiger partial charge in [0.2, 0.25) is 0 Å². The van der Waals surface area contributed by atoms with Crippen molar-refractivity contribution in [2.24, 2.45) is 0 Å². The minimum absolute atomic E-state index is 0. The minimum atomic E-state index is -0.659. The van der Waals surface area contributed by atoms with Gasteiger partial charge in [-0.1, -0.05) is 51.1 Å². The van der Waals surface area contributed by atoms with E-state index in [0.29, 0.717) is 5.92 Å². The second kappa shape index (κ2) is 14.0. The summed E-state index contributed by atoms with van der Waals surface area (Å²) in [5, 5.41) is 2.22. The summed E-state index contributed by atoms with van der Waals surface area (Å²) < 4.78 is 0. The summed E-state index contributed by atoms with van der Waals surface area (Å²) in [6.45, 7) is 11.0.